The summed E-state index contributed by atoms with van der Waals surface area (Å²) < 4.78 is 6.83. The number of aliphatic hydroxyl groups is 2. The molecule has 2 N–H and O–H groups in total. The second-order valence-corrected chi connectivity index (χ2v) is 4.40. The second-order valence-electron chi connectivity index (χ2n) is 4.40. The summed E-state index contributed by atoms with van der Waals surface area (Å²) in [5.41, 5.74) is -1.31. The number of aromatic nitrogens is 2. The second kappa shape index (κ2) is 5.08. The number of carbonyl (C=O) groups is 1. The predicted octanol–water partition coefficient (Wildman–Crippen LogP) is -2.00. The van der Waals surface area contributed by atoms with E-state index in [1.54, 1.807) is 0 Å². The first-order valence-electron chi connectivity index (χ1n) is 5.73. The number of nitrogens with zero attached hydrogens (tertiary/aromatic N) is 2. The van der Waals surface area contributed by atoms with Crippen LogP contribution < -0.4 is 11.2 Å². The highest BCUT2D eigenvalue weighted by molar-refractivity contribution is 5.51. The molecular weight excluding hydrogens is 256 g/mol. The molecule has 0 spiro atoms. The molecule has 0 aliphatic carbocycles. The lowest BCUT2D eigenvalue weighted by atomic mass is 10.2. The lowest BCUT2D eigenvalue weighted by Crippen LogP contribution is -2.42. The maximum absolute atomic E-state index is 11.9. The van der Waals surface area contributed by atoms with Gasteiger partial charge in [-0.15, -0.1) is 0 Å². The number of hydrogen-bond donors (Lipinski definition) is 2. The molecule has 1 fully saturated rings. The SMILES string of the molecule is Cc1cn([C@H]2CC(O)[C@@H](CO)O2)c(=O)n(C=O)c1=O. The zero-order valence-electron chi connectivity index (χ0n) is 10.2. The van der Waals surface area contributed by atoms with E-state index < -0.39 is 29.7 Å². The van der Waals surface area contributed by atoms with Crippen molar-refractivity contribution >= 4 is 6.41 Å². The molecule has 0 radical (unpaired) electrons. The average Bonchev–Trinajstić information content (AvgIpc) is 2.75. The van der Waals surface area contributed by atoms with Crippen molar-refractivity contribution in [2.75, 3.05) is 6.61 Å². The molecule has 0 saturated carbocycles. The molecule has 1 aromatic rings. The van der Waals surface area contributed by atoms with Crippen LogP contribution in [0.5, 0.6) is 0 Å². The maximum Gasteiger partial charge on any atom is 0.339 e. The first-order chi connectivity index (χ1) is 8.99. The van der Waals surface area contributed by atoms with Gasteiger partial charge in [-0.05, 0) is 6.92 Å². The molecule has 2 rings (SSSR count). The van der Waals surface area contributed by atoms with Gasteiger partial charge < -0.3 is 14.9 Å². The van der Waals surface area contributed by atoms with Crippen LogP contribution in [0.3, 0.4) is 0 Å². The Labute approximate surface area is 107 Å². The molecular formula is C11H14N2O6. The van der Waals surface area contributed by atoms with Crippen molar-refractivity contribution < 1.29 is 19.7 Å². The van der Waals surface area contributed by atoms with E-state index in [1.807, 2.05) is 0 Å². The summed E-state index contributed by atoms with van der Waals surface area (Å²) >= 11 is 0. The summed E-state index contributed by atoms with van der Waals surface area (Å²) in [5.74, 6) is 0. The van der Waals surface area contributed by atoms with Gasteiger partial charge in [0.1, 0.15) is 12.3 Å². The molecule has 8 nitrogen and oxygen atoms in total. The monoisotopic (exact) mass is 270 g/mol. The number of ether oxygens (including phenoxy) is 1. The van der Waals surface area contributed by atoms with Gasteiger partial charge in [-0.25, -0.2) is 4.79 Å². The number of rotatable bonds is 3. The van der Waals surface area contributed by atoms with Gasteiger partial charge in [0.25, 0.3) is 5.56 Å². The van der Waals surface area contributed by atoms with Crippen LogP contribution in [0.25, 0.3) is 0 Å². The third kappa shape index (κ3) is 2.25. The van der Waals surface area contributed by atoms with Crippen molar-refractivity contribution in [1.82, 2.24) is 9.13 Å². The zero-order chi connectivity index (χ0) is 14.2. The maximum atomic E-state index is 11.9. The Bertz CT molecular complexity index is 604. The molecule has 1 unspecified atom stereocenters. The highest BCUT2D eigenvalue weighted by Gasteiger charge is 2.35. The van der Waals surface area contributed by atoms with Crippen molar-refractivity contribution in [3.63, 3.8) is 0 Å². The summed E-state index contributed by atoms with van der Waals surface area (Å²) in [6, 6.07) is 0. The molecule has 0 aromatic carbocycles. The molecule has 0 amide bonds. The van der Waals surface area contributed by atoms with E-state index in [1.165, 1.54) is 13.1 Å². The van der Waals surface area contributed by atoms with E-state index in [0.29, 0.717) is 4.57 Å². The van der Waals surface area contributed by atoms with Gasteiger partial charge in [0.15, 0.2) is 0 Å². The van der Waals surface area contributed by atoms with Gasteiger partial charge in [0.2, 0.25) is 6.41 Å². The minimum Gasteiger partial charge on any atom is -0.394 e. The van der Waals surface area contributed by atoms with Crippen molar-refractivity contribution in [1.29, 1.82) is 0 Å². The topological polar surface area (TPSA) is 111 Å². The van der Waals surface area contributed by atoms with Crippen molar-refractivity contribution in [3.8, 4) is 0 Å². The first-order valence-corrected chi connectivity index (χ1v) is 5.73. The molecule has 2 heterocycles. The molecule has 3 atom stereocenters. The Morgan fingerprint density at radius 3 is 2.74 bits per heavy atom. The smallest absolute Gasteiger partial charge is 0.339 e. The van der Waals surface area contributed by atoms with Gasteiger partial charge >= 0.3 is 5.69 Å². The van der Waals surface area contributed by atoms with Crippen molar-refractivity contribution in [3.05, 3.63) is 32.6 Å². The van der Waals surface area contributed by atoms with Crippen LogP contribution in [0, 0.1) is 6.92 Å². The van der Waals surface area contributed by atoms with Gasteiger partial charge in [0, 0.05) is 18.2 Å². The minimum absolute atomic E-state index is 0.0988. The quantitative estimate of drug-likeness (QED) is 0.614. The number of aliphatic hydroxyl groups excluding tert-OH is 2. The van der Waals surface area contributed by atoms with E-state index in [0.717, 1.165) is 4.57 Å². The molecule has 8 heteroatoms. The molecule has 104 valence electrons. The minimum atomic E-state index is -0.904. The molecule has 0 bridgehead atoms. The summed E-state index contributed by atoms with van der Waals surface area (Å²) in [5, 5.41) is 18.6. The van der Waals surface area contributed by atoms with Crippen molar-refractivity contribution in [2.45, 2.75) is 31.8 Å². The molecule has 1 saturated heterocycles. The molecule has 19 heavy (non-hydrogen) atoms. The third-order valence-corrected chi connectivity index (χ3v) is 3.12. The largest absolute Gasteiger partial charge is 0.394 e. The lowest BCUT2D eigenvalue weighted by Gasteiger charge is -2.15. The van der Waals surface area contributed by atoms with E-state index >= 15 is 0 Å². The van der Waals surface area contributed by atoms with E-state index in [9.17, 15) is 19.5 Å². The van der Waals surface area contributed by atoms with Gasteiger partial charge in [-0.3, -0.25) is 14.2 Å². The average molecular weight is 270 g/mol. The first kappa shape index (κ1) is 13.7. The Kier molecular flexibility index (Phi) is 3.65. The van der Waals surface area contributed by atoms with Crippen LogP contribution >= 0.6 is 0 Å². The Morgan fingerprint density at radius 1 is 1.53 bits per heavy atom. The van der Waals surface area contributed by atoms with Crippen molar-refractivity contribution in [2.24, 2.45) is 0 Å². The van der Waals surface area contributed by atoms with Crippen LogP contribution in [0.2, 0.25) is 0 Å². The van der Waals surface area contributed by atoms with Gasteiger partial charge in [0.05, 0.1) is 12.7 Å². The fraction of sp³-hybridized carbons (Fsp3) is 0.545. The highest BCUT2D eigenvalue weighted by Crippen LogP contribution is 2.27. The van der Waals surface area contributed by atoms with Crippen LogP contribution in [0.1, 0.15) is 18.2 Å². The van der Waals surface area contributed by atoms with Gasteiger partial charge in [-0.1, -0.05) is 0 Å². The van der Waals surface area contributed by atoms with Crippen LogP contribution in [-0.4, -0.2) is 44.6 Å². The fourth-order valence-corrected chi connectivity index (χ4v) is 2.07. The van der Waals surface area contributed by atoms with Crippen LogP contribution in [0.15, 0.2) is 15.8 Å². The number of carbonyl (C=O) groups excluding carboxylic acids is 1. The molecule has 1 aromatic heterocycles. The summed E-state index contributed by atoms with van der Waals surface area (Å²) in [6.07, 6.45) is -0.982. The summed E-state index contributed by atoms with van der Waals surface area (Å²) in [7, 11) is 0. The predicted molar refractivity (Wildman–Crippen MR) is 63.5 cm³/mol. The zero-order valence-corrected chi connectivity index (χ0v) is 10.2. The van der Waals surface area contributed by atoms with E-state index in [2.05, 4.69) is 0 Å². The van der Waals surface area contributed by atoms with Gasteiger partial charge in [-0.2, -0.15) is 4.57 Å². The number of aryl methyl sites for hydroxylation is 1. The summed E-state index contributed by atoms with van der Waals surface area (Å²) in [6.45, 7) is 1.09. The molecule has 1 aliphatic heterocycles. The lowest BCUT2D eigenvalue weighted by molar-refractivity contribution is -0.0461. The Morgan fingerprint density at radius 2 is 2.21 bits per heavy atom. The number of hydrogen-bond acceptors (Lipinski definition) is 6. The van der Waals surface area contributed by atoms with E-state index in [-0.39, 0.29) is 25.0 Å². The standard InChI is InChI=1S/C11H14N2O6/c1-6-3-12(11(18)13(5-15)10(6)17)9-2-7(16)8(4-14)19-9/h3,5,7-9,14,16H,2,4H2,1H3/t7?,8-,9-/m1/s1. The van der Waals surface area contributed by atoms with Crippen LogP contribution in [0.4, 0.5) is 0 Å². The van der Waals surface area contributed by atoms with E-state index in [4.69, 9.17) is 9.84 Å². The fourth-order valence-electron chi connectivity index (χ4n) is 2.07. The summed E-state index contributed by atoms with van der Waals surface area (Å²) in [4.78, 5) is 34.3. The Balaban J connectivity index is 2.48. The normalized spacial score (nSPS) is 26.6. The molecule has 1 aliphatic rings. The van der Waals surface area contributed by atoms with Crippen LogP contribution in [-0.2, 0) is 9.53 Å². The highest BCUT2D eigenvalue weighted by atomic mass is 16.5. The third-order valence-electron chi connectivity index (χ3n) is 3.12. The Hall–Kier alpha value is -1.77.